The molecule has 0 bridgehead atoms. The first-order chi connectivity index (χ1) is 14.1. The van der Waals surface area contributed by atoms with Crippen LogP contribution in [0, 0.1) is 6.92 Å². The van der Waals surface area contributed by atoms with Gasteiger partial charge in [0.15, 0.2) is 5.76 Å². The van der Waals surface area contributed by atoms with Gasteiger partial charge in [-0.05, 0) is 49.7 Å². The maximum Gasteiger partial charge on any atom is 0.286 e. The summed E-state index contributed by atoms with van der Waals surface area (Å²) >= 11 is 0. The third kappa shape index (κ3) is 6.64. The highest BCUT2D eigenvalue weighted by Crippen LogP contribution is 2.17. The van der Waals surface area contributed by atoms with E-state index in [0.717, 1.165) is 39.1 Å². The summed E-state index contributed by atoms with van der Waals surface area (Å²) in [6, 6.07) is 11.9. The van der Waals surface area contributed by atoms with Crippen LogP contribution in [0.15, 0.2) is 47.1 Å². The summed E-state index contributed by atoms with van der Waals surface area (Å²) in [5.41, 5.74) is 2.59. The lowest BCUT2D eigenvalue weighted by Crippen LogP contribution is -2.47. The number of furan rings is 1. The Hall–Kier alpha value is -2.80. The Morgan fingerprint density at radius 2 is 1.86 bits per heavy atom. The van der Waals surface area contributed by atoms with Crippen molar-refractivity contribution in [3.05, 3.63) is 54.0 Å². The van der Waals surface area contributed by atoms with Crippen LogP contribution in [0.2, 0.25) is 0 Å². The number of hydrogen-bond acceptors (Lipinski definition) is 5. The molecule has 0 atom stereocenters. The van der Waals surface area contributed by atoms with Crippen molar-refractivity contribution in [2.75, 3.05) is 50.7 Å². The molecule has 29 heavy (non-hydrogen) atoms. The van der Waals surface area contributed by atoms with Crippen molar-refractivity contribution in [1.29, 1.82) is 0 Å². The molecule has 7 heteroatoms. The molecule has 1 aliphatic rings. The molecule has 2 amide bonds. The zero-order valence-electron chi connectivity index (χ0n) is 17.0. The van der Waals surface area contributed by atoms with Gasteiger partial charge in [0.2, 0.25) is 5.91 Å². The van der Waals surface area contributed by atoms with E-state index in [-0.39, 0.29) is 24.0 Å². The molecule has 1 saturated heterocycles. The van der Waals surface area contributed by atoms with Crippen molar-refractivity contribution in [3.8, 4) is 0 Å². The van der Waals surface area contributed by atoms with Crippen LogP contribution in [0.5, 0.6) is 0 Å². The summed E-state index contributed by atoms with van der Waals surface area (Å²) in [7, 11) is 0. The lowest BCUT2D eigenvalue weighted by Gasteiger charge is -2.36. The first kappa shape index (κ1) is 20.9. The number of anilines is 1. The van der Waals surface area contributed by atoms with Crippen LogP contribution >= 0.6 is 0 Å². The molecule has 0 unspecified atom stereocenters. The standard InChI is InChI=1S/C22H30N4O3/c1-18-5-2-6-19(17-18)26-14-12-25(13-15-26)11-4-9-23-21(27)8-10-24-22(28)20-7-3-16-29-20/h2-3,5-7,16-17H,4,8-15H2,1H3,(H,23,27)(H,24,28). The monoisotopic (exact) mass is 398 g/mol. The normalized spacial score (nSPS) is 14.6. The summed E-state index contributed by atoms with van der Waals surface area (Å²) in [6.07, 6.45) is 2.64. The number of nitrogens with zero attached hydrogens (tertiary/aromatic N) is 2. The molecular formula is C22H30N4O3. The topological polar surface area (TPSA) is 77.8 Å². The highest BCUT2D eigenvalue weighted by atomic mass is 16.3. The molecule has 1 aromatic heterocycles. The minimum atomic E-state index is -0.299. The van der Waals surface area contributed by atoms with Gasteiger partial charge in [0.1, 0.15) is 0 Å². The molecular weight excluding hydrogens is 368 g/mol. The van der Waals surface area contributed by atoms with Gasteiger partial charge in [0.05, 0.1) is 6.26 Å². The summed E-state index contributed by atoms with van der Waals surface area (Å²) < 4.78 is 5.01. The van der Waals surface area contributed by atoms with Gasteiger partial charge >= 0.3 is 0 Å². The Bertz CT molecular complexity index is 783. The van der Waals surface area contributed by atoms with Crippen molar-refractivity contribution < 1.29 is 14.0 Å². The van der Waals surface area contributed by atoms with Crippen molar-refractivity contribution >= 4 is 17.5 Å². The van der Waals surface area contributed by atoms with Gasteiger partial charge in [-0.15, -0.1) is 0 Å². The molecule has 3 rings (SSSR count). The van der Waals surface area contributed by atoms with E-state index >= 15 is 0 Å². The van der Waals surface area contributed by atoms with Gasteiger partial charge in [-0.2, -0.15) is 0 Å². The predicted molar refractivity (Wildman–Crippen MR) is 113 cm³/mol. The number of hydrogen-bond donors (Lipinski definition) is 2. The van der Waals surface area contributed by atoms with Crippen LogP contribution in [-0.4, -0.2) is 62.5 Å². The minimum Gasteiger partial charge on any atom is -0.459 e. The highest BCUT2D eigenvalue weighted by molar-refractivity contribution is 5.91. The fraction of sp³-hybridized carbons (Fsp3) is 0.455. The van der Waals surface area contributed by atoms with E-state index in [0.29, 0.717) is 13.1 Å². The van der Waals surface area contributed by atoms with E-state index in [2.05, 4.69) is 51.6 Å². The second kappa shape index (κ2) is 10.7. The van der Waals surface area contributed by atoms with Gasteiger partial charge in [0, 0.05) is 51.4 Å². The molecule has 0 radical (unpaired) electrons. The quantitative estimate of drug-likeness (QED) is 0.632. The van der Waals surface area contributed by atoms with E-state index in [9.17, 15) is 9.59 Å². The predicted octanol–water partition coefficient (Wildman–Crippen LogP) is 2.04. The first-order valence-corrected chi connectivity index (χ1v) is 10.2. The Morgan fingerprint density at radius 1 is 1.03 bits per heavy atom. The van der Waals surface area contributed by atoms with E-state index in [1.807, 2.05) is 0 Å². The van der Waals surface area contributed by atoms with Gasteiger partial charge in [-0.1, -0.05) is 12.1 Å². The summed E-state index contributed by atoms with van der Waals surface area (Å²) in [4.78, 5) is 28.5. The number of rotatable bonds is 9. The van der Waals surface area contributed by atoms with Crippen molar-refractivity contribution in [2.45, 2.75) is 19.8 Å². The fourth-order valence-electron chi connectivity index (χ4n) is 3.46. The SMILES string of the molecule is Cc1cccc(N2CCN(CCCNC(=O)CCNC(=O)c3ccco3)CC2)c1. The molecule has 1 aromatic carbocycles. The largest absolute Gasteiger partial charge is 0.459 e. The third-order valence-corrected chi connectivity index (χ3v) is 5.09. The summed E-state index contributed by atoms with van der Waals surface area (Å²) in [5.74, 6) is -0.0884. The highest BCUT2D eigenvalue weighted by Gasteiger charge is 2.17. The third-order valence-electron chi connectivity index (χ3n) is 5.09. The smallest absolute Gasteiger partial charge is 0.286 e. The summed E-state index contributed by atoms with van der Waals surface area (Å²) in [5, 5.41) is 5.59. The lowest BCUT2D eigenvalue weighted by molar-refractivity contribution is -0.120. The van der Waals surface area contributed by atoms with Crippen LogP contribution in [-0.2, 0) is 4.79 Å². The Balaban J connectivity index is 1.23. The molecule has 2 aromatic rings. The van der Waals surface area contributed by atoms with Crippen LogP contribution in [0.1, 0.15) is 29.0 Å². The Kier molecular flexibility index (Phi) is 7.69. The van der Waals surface area contributed by atoms with Crippen molar-refractivity contribution in [1.82, 2.24) is 15.5 Å². The lowest BCUT2D eigenvalue weighted by atomic mass is 10.2. The zero-order valence-corrected chi connectivity index (χ0v) is 17.0. The first-order valence-electron chi connectivity index (χ1n) is 10.2. The number of benzene rings is 1. The zero-order chi connectivity index (χ0) is 20.5. The second-order valence-corrected chi connectivity index (χ2v) is 7.35. The number of carbonyl (C=O) groups is 2. The van der Waals surface area contributed by atoms with Crippen molar-refractivity contribution in [3.63, 3.8) is 0 Å². The maximum absolute atomic E-state index is 11.9. The fourth-order valence-corrected chi connectivity index (χ4v) is 3.46. The molecule has 7 nitrogen and oxygen atoms in total. The average Bonchev–Trinajstić information content (AvgIpc) is 3.27. The molecule has 0 saturated carbocycles. The van der Waals surface area contributed by atoms with Crippen molar-refractivity contribution in [2.24, 2.45) is 0 Å². The molecule has 156 valence electrons. The molecule has 0 aliphatic carbocycles. The van der Waals surface area contributed by atoms with Crippen LogP contribution in [0.3, 0.4) is 0 Å². The van der Waals surface area contributed by atoms with Crippen LogP contribution in [0.25, 0.3) is 0 Å². The molecule has 2 N–H and O–H groups in total. The Labute approximate surface area is 172 Å². The molecule has 2 heterocycles. The van der Waals surface area contributed by atoms with Gasteiger partial charge in [-0.25, -0.2) is 0 Å². The number of carbonyl (C=O) groups excluding carboxylic acids is 2. The van der Waals surface area contributed by atoms with Gasteiger partial charge < -0.3 is 20.0 Å². The Morgan fingerprint density at radius 3 is 2.59 bits per heavy atom. The summed E-state index contributed by atoms with van der Waals surface area (Å²) in [6.45, 7) is 8.21. The molecule has 1 aliphatic heterocycles. The number of nitrogens with one attached hydrogen (secondary N) is 2. The van der Waals surface area contributed by atoms with Gasteiger partial charge in [-0.3, -0.25) is 14.5 Å². The van der Waals surface area contributed by atoms with E-state index < -0.39 is 0 Å². The molecule has 1 fully saturated rings. The number of piperazine rings is 1. The number of amides is 2. The van der Waals surface area contributed by atoms with E-state index in [4.69, 9.17) is 4.42 Å². The minimum absolute atomic E-state index is 0.0472. The maximum atomic E-state index is 11.9. The second-order valence-electron chi connectivity index (χ2n) is 7.35. The average molecular weight is 399 g/mol. The number of aryl methyl sites for hydroxylation is 1. The van der Waals surface area contributed by atoms with E-state index in [1.165, 1.54) is 17.5 Å². The van der Waals surface area contributed by atoms with Crippen LogP contribution < -0.4 is 15.5 Å². The van der Waals surface area contributed by atoms with Gasteiger partial charge in [0.25, 0.3) is 5.91 Å². The van der Waals surface area contributed by atoms with E-state index in [1.54, 1.807) is 12.1 Å². The molecule has 0 spiro atoms. The van der Waals surface area contributed by atoms with Crippen LogP contribution in [0.4, 0.5) is 5.69 Å².